The summed E-state index contributed by atoms with van der Waals surface area (Å²) < 4.78 is 0. The van der Waals surface area contributed by atoms with Crippen LogP contribution in [-0.4, -0.2) is 62.4 Å². The number of hydrogen-bond acceptors (Lipinski definition) is 5. The van der Waals surface area contributed by atoms with Crippen LogP contribution in [0.2, 0.25) is 0 Å². The second kappa shape index (κ2) is 9.33. The van der Waals surface area contributed by atoms with Gasteiger partial charge in [0.05, 0.1) is 12.4 Å². The molecule has 154 valence electrons. The van der Waals surface area contributed by atoms with Gasteiger partial charge < -0.3 is 26.0 Å². The van der Waals surface area contributed by atoms with E-state index in [9.17, 15) is 19.5 Å². The summed E-state index contributed by atoms with van der Waals surface area (Å²) in [7, 11) is 0. The minimum absolute atomic E-state index is 0.172. The number of aromatic amines is 1. The molecule has 1 aliphatic heterocycles. The number of amides is 2. The smallest absolute Gasteiger partial charge is 0.326 e. The standard InChI is InChI=1S/C20H25N5O4/c21-15(9-13-5-2-1-3-6-13)18(26)24-16(10-14-11-22-12-23-14)19(27)25-8-4-7-17(25)20(28)29/h1-3,5-6,11-12,15-17H,4,7-10,21H2,(H,22,23)(H,24,26)(H,28,29)/t15-,16-,17+/m0/s1. The number of carboxylic acid groups (broad SMARTS) is 1. The predicted molar refractivity (Wildman–Crippen MR) is 105 cm³/mol. The lowest BCUT2D eigenvalue weighted by atomic mass is 10.0. The molecule has 9 nitrogen and oxygen atoms in total. The zero-order valence-corrected chi connectivity index (χ0v) is 16.0. The van der Waals surface area contributed by atoms with E-state index in [0.29, 0.717) is 31.5 Å². The van der Waals surface area contributed by atoms with Crippen LogP contribution in [0.1, 0.15) is 24.1 Å². The zero-order valence-electron chi connectivity index (χ0n) is 16.0. The van der Waals surface area contributed by atoms with Crippen molar-refractivity contribution in [2.45, 2.75) is 43.8 Å². The number of hydrogen-bond donors (Lipinski definition) is 4. The van der Waals surface area contributed by atoms with E-state index in [-0.39, 0.29) is 6.42 Å². The highest BCUT2D eigenvalue weighted by atomic mass is 16.4. The van der Waals surface area contributed by atoms with Gasteiger partial charge in [0.25, 0.3) is 0 Å². The summed E-state index contributed by atoms with van der Waals surface area (Å²) >= 11 is 0. The molecular formula is C20H25N5O4. The molecule has 1 aliphatic rings. The van der Waals surface area contributed by atoms with Crippen LogP contribution in [0.15, 0.2) is 42.9 Å². The first-order valence-electron chi connectivity index (χ1n) is 9.56. The molecule has 3 atom stereocenters. The van der Waals surface area contributed by atoms with Crippen molar-refractivity contribution in [2.75, 3.05) is 6.54 Å². The molecule has 3 rings (SSSR count). The number of imidazole rings is 1. The van der Waals surface area contributed by atoms with Crippen molar-refractivity contribution < 1.29 is 19.5 Å². The topological polar surface area (TPSA) is 141 Å². The van der Waals surface area contributed by atoms with Gasteiger partial charge in [0.15, 0.2) is 0 Å². The molecule has 0 spiro atoms. The third-order valence-corrected chi connectivity index (χ3v) is 5.05. The minimum Gasteiger partial charge on any atom is -0.480 e. The van der Waals surface area contributed by atoms with Crippen LogP contribution < -0.4 is 11.1 Å². The van der Waals surface area contributed by atoms with Gasteiger partial charge in [0.1, 0.15) is 12.1 Å². The van der Waals surface area contributed by atoms with Crippen molar-refractivity contribution >= 4 is 17.8 Å². The molecule has 29 heavy (non-hydrogen) atoms. The van der Waals surface area contributed by atoms with Gasteiger partial charge in [-0.25, -0.2) is 9.78 Å². The lowest BCUT2D eigenvalue weighted by Crippen LogP contribution is -2.55. The van der Waals surface area contributed by atoms with Gasteiger partial charge in [-0.3, -0.25) is 9.59 Å². The Morgan fingerprint density at radius 3 is 2.69 bits per heavy atom. The number of carboxylic acids is 1. The summed E-state index contributed by atoms with van der Waals surface area (Å²) in [5.74, 6) is -1.93. The quantitative estimate of drug-likeness (QED) is 0.495. The zero-order chi connectivity index (χ0) is 20.8. The Hall–Kier alpha value is -3.20. The molecule has 1 aromatic heterocycles. The number of likely N-dealkylation sites (tertiary alicyclic amines) is 1. The van der Waals surface area contributed by atoms with E-state index in [0.717, 1.165) is 5.56 Å². The highest BCUT2D eigenvalue weighted by Crippen LogP contribution is 2.19. The van der Waals surface area contributed by atoms with Gasteiger partial charge in [0.2, 0.25) is 11.8 Å². The van der Waals surface area contributed by atoms with Crippen LogP contribution in [0.4, 0.5) is 0 Å². The van der Waals surface area contributed by atoms with Crippen LogP contribution in [-0.2, 0) is 27.2 Å². The number of rotatable bonds is 8. The van der Waals surface area contributed by atoms with Gasteiger partial charge in [-0.15, -0.1) is 0 Å². The summed E-state index contributed by atoms with van der Waals surface area (Å²) in [6.07, 6.45) is 4.57. The molecule has 9 heteroatoms. The van der Waals surface area contributed by atoms with E-state index < -0.39 is 35.9 Å². The number of carbonyl (C=O) groups is 3. The number of H-pyrrole nitrogens is 1. The summed E-state index contributed by atoms with van der Waals surface area (Å²) in [6, 6.07) is 6.73. The average Bonchev–Trinajstić information content (AvgIpc) is 3.39. The lowest BCUT2D eigenvalue weighted by molar-refractivity contribution is -0.149. The van der Waals surface area contributed by atoms with Crippen LogP contribution >= 0.6 is 0 Å². The van der Waals surface area contributed by atoms with Crippen LogP contribution in [0, 0.1) is 0 Å². The average molecular weight is 399 g/mol. The number of carbonyl (C=O) groups excluding carboxylic acids is 2. The maximum Gasteiger partial charge on any atom is 0.326 e. The third kappa shape index (κ3) is 5.20. The highest BCUT2D eigenvalue weighted by Gasteiger charge is 2.38. The molecular weight excluding hydrogens is 374 g/mol. The first kappa shape index (κ1) is 20.5. The Morgan fingerprint density at radius 1 is 1.28 bits per heavy atom. The maximum absolute atomic E-state index is 13.1. The third-order valence-electron chi connectivity index (χ3n) is 5.05. The Bertz CT molecular complexity index is 840. The summed E-state index contributed by atoms with van der Waals surface area (Å²) in [5.41, 5.74) is 7.62. The van der Waals surface area contributed by atoms with Crippen LogP contribution in [0.5, 0.6) is 0 Å². The van der Waals surface area contributed by atoms with Crippen molar-refractivity contribution in [3.8, 4) is 0 Å². The van der Waals surface area contributed by atoms with Crippen molar-refractivity contribution in [1.82, 2.24) is 20.2 Å². The van der Waals surface area contributed by atoms with Gasteiger partial charge in [-0.1, -0.05) is 30.3 Å². The van der Waals surface area contributed by atoms with Crippen molar-refractivity contribution in [3.05, 3.63) is 54.1 Å². The van der Waals surface area contributed by atoms with E-state index in [4.69, 9.17) is 5.73 Å². The van der Waals surface area contributed by atoms with E-state index in [1.165, 1.54) is 11.2 Å². The molecule has 0 bridgehead atoms. The second-order valence-corrected chi connectivity index (χ2v) is 7.17. The first-order valence-corrected chi connectivity index (χ1v) is 9.56. The fourth-order valence-electron chi connectivity index (χ4n) is 3.54. The number of nitrogens with zero attached hydrogens (tertiary/aromatic N) is 2. The number of nitrogens with two attached hydrogens (primary N) is 1. The van der Waals surface area contributed by atoms with Crippen molar-refractivity contribution in [3.63, 3.8) is 0 Å². The van der Waals surface area contributed by atoms with Gasteiger partial charge in [-0.2, -0.15) is 0 Å². The summed E-state index contributed by atoms with van der Waals surface area (Å²) in [4.78, 5) is 45.4. The predicted octanol–water partition coefficient (Wildman–Crippen LogP) is 0.0826. The Morgan fingerprint density at radius 2 is 2.03 bits per heavy atom. The Kier molecular flexibility index (Phi) is 6.61. The number of benzene rings is 1. The highest BCUT2D eigenvalue weighted by molar-refractivity contribution is 5.92. The lowest BCUT2D eigenvalue weighted by Gasteiger charge is -2.28. The molecule has 0 unspecified atom stereocenters. The SMILES string of the molecule is N[C@@H](Cc1ccccc1)C(=O)N[C@@H](Cc1cnc[nH]1)C(=O)N1CCC[C@@H]1C(=O)O. The largest absolute Gasteiger partial charge is 0.480 e. The molecule has 0 aliphatic carbocycles. The summed E-state index contributed by atoms with van der Waals surface area (Å²) in [5, 5.41) is 12.1. The molecule has 2 amide bonds. The van der Waals surface area contributed by atoms with Crippen LogP contribution in [0.25, 0.3) is 0 Å². The monoisotopic (exact) mass is 399 g/mol. The van der Waals surface area contributed by atoms with E-state index in [2.05, 4.69) is 15.3 Å². The fourth-order valence-corrected chi connectivity index (χ4v) is 3.54. The van der Waals surface area contributed by atoms with Gasteiger partial charge in [-0.05, 0) is 24.8 Å². The van der Waals surface area contributed by atoms with E-state index >= 15 is 0 Å². The number of aliphatic carboxylic acids is 1. The molecule has 5 N–H and O–H groups in total. The normalized spacial score (nSPS) is 18.2. The molecule has 2 heterocycles. The van der Waals surface area contributed by atoms with Crippen LogP contribution in [0.3, 0.4) is 0 Å². The Labute approximate surface area is 168 Å². The first-order chi connectivity index (χ1) is 14.0. The molecule has 1 saturated heterocycles. The number of nitrogens with one attached hydrogen (secondary N) is 2. The second-order valence-electron chi connectivity index (χ2n) is 7.17. The van der Waals surface area contributed by atoms with Gasteiger partial charge >= 0.3 is 5.97 Å². The number of aromatic nitrogens is 2. The summed E-state index contributed by atoms with van der Waals surface area (Å²) in [6.45, 7) is 0.348. The molecule has 0 radical (unpaired) electrons. The fraction of sp³-hybridized carbons (Fsp3) is 0.400. The van der Waals surface area contributed by atoms with Gasteiger partial charge in [0, 0.05) is 24.9 Å². The minimum atomic E-state index is -1.04. The van der Waals surface area contributed by atoms with E-state index in [1.807, 2.05) is 30.3 Å². The molecule has 2 aromatic rings. The van der Waals surface area contributed by atoms with Crippen molar-refractivity contribution in [1.29, 1.82) is 0 Å². The van der Waals surface area contributed by atoms with Crippen molar-refractivity contribution in [2.24, 2.45) is 5.73 Å². The molecule has 1 aromatic carbocycles. The molecule has 1 fully saturated rings. The molecule has 0 saturated carbocycles. The van der Waals surface area contributed by atoms with E-state index in [1.54, 1.807) is 6.20 Å². The maximum atomic E-state index is 13.1. The Balaban J connectivity index is 1.72.